The van der Waals surface area contributed by atoms with Gasteiger partial charge < -0.3 is 4.79 Å². The zero-order valence-electron chi connectivity index (χ0n) is 7.33. The average molecular weight is 219 g/mol. The number of carbonyl (C=O) groups excluding carboxylic acids is 1. The van der Waals surface area contributed by atoms with E-state index in [2.05, 4.69) is 24.3 Å². The molecule has 2 heteroatoms. The third-order valence-corrected chi connectivity index (χ3v) is 1.17. The van der Waals surface area contributed by atoms with Crippen molar-refractivity contribution in [1.29, 1.82) is 0 Å². The zero-order valence-corrected chi connectivity index (χ0v) is 8.37. The van der Waals surface area contributed by atoms with Gasteiger partial charge in [0.15, 0.2) is 0 Å². The molecule has 0 saturated heterocycles. The minimum absolute atomic E-state index is 0. The second-order valence-corrected chi connectivity index (χ2v) is 2.01. The standard InChI is InChI=1S/2C5H5.CH2O.Co/c2*1-2-4-5-3-1;1-2;/h2*1-3H,4H2;1H2;/q2*-1;;+2. The molecule has 0 saturated carbocycles. The minimum atomic E-state index is 0. The van der Waals surface area contributed by atoms with E-state index in [4.69, 9.17) is 4.79 Å². The van der Waals surface area contributed by atoms with E-state index in [1.165, 1.54) is 0 Å². The maximum atomic E-state index is 8.00. The Bertz CT molecular complexity index is 160. The van der Waals surface area contributed by atoms with Crippen LogP contribution in [0.4, 0.5) is 0 Å². The van der Waals surface area contributed by atoms with Crippen LogP contribution in [-0.2, 0) is 21.6 Å². The molecule has 2 rings (SSSR count). The predicted molar refractivity (Wildman–Crippen MR) is 50.3 cm³/mol. The van der Waals surface area contributed by atoms with Gasteiger partial charge in [-0.15, -0.1) is 12.8 Å². The molecule has 0 amide bonds. The summed E-state index contributed by atoms with van der Waals surface area (Å²) in [5, 5.41) is 0. The van der Waals surface area contributed by atoms with Crippen LogP contribution < -0.4 is 0 Å². The summed E-state index contributed by atoms with van der Waals surface area (Å²) in [6, 6.07) is 0. The Hall–Kier alpha value is -0.864. The summed E-state index contributed by atoms with van der Waals surface area (Å²) in [6.45, 7) is 2.00. The van der Waals surface area contributed by atoms with Gasteiger partial charge in [-0.05, 0) is 0 Å². The monoisotopic (exact) mass is 219 g/mol. The smallest absolute Gasteiger partial charge is 0.307 e. The molecule has 0 fully saturated rings. The molecule has 0 aromatic heterocycles. The molecule has 1 radical (unpaired) electrons. The Balaban J connectivity index is 0. The molecule has 0 spiro atoms. The molecule has 0 heterocycles. The molecular weight excluding hydrogens is 207 g/mol. The first-order valence-corrected chi connectivity index (χ1v) is 3.72. The van der Waals surface area contributed by atoms with Crippen molar-refractivity contribution < 1.29 is 21.6 Å². The fraction of sp³-hybridized carbons (Fsp3) is 0.182. The summed E-state index contributed by atoms with van der Waals surface area (Å²) in [4.78, 5) is 8.00. The number of hydrogen-bond acceptors (Lipinski definition) is 1. The van der Waals surface area contributed by atoms with Crippen molar-refractivity contribution in [2.75, 3.05) is 0 Å². The molecule has 0 bridgehead atoms. The molecular formula is C11H12CoO. The molecule has 13 heavy (non-hydrogen) atoms. The summed E-state index contributed by atoms with van der Waals surface area (Å²) in [6.07, 6.45) is 20.0. The summed E-state index contributed by atoms with van der Waals surface area (Å²) in [5.74, 6) is 0. The predicted octanol–water partition coefficient (Wildman–Crippen LogP) is 2.42. The maximum absolute atomic E-state index is 8.00. The van der Waals surface area contributed by atoms with Crippen LogP contribution in [0.3, 0.4) is 0 Å². The van der Waals surface area contributed by atoms with Gasteiger partial charge in [-0.3, -0.25) is 12.2 Å². The molecule has 0 N–H and O–H groups in total. The van der Waals surface area contributed by atoms with E-state index in [1.807, 2.05) is 31.1 Å². The van der Waals surface area contributed by atoms with Crippen molar-refractivity contribution in [3.63, 3.8) is 0 Å². The third-order valence-electron chi connectivity index (χ3n) is 1.17. The molecule has 1 nitrogen and oxygen atoms in total. The largest absolute Gasteiger partial charge is 2.00 e. The van der Waals surface area contributed by atoms with Gasteiger partial charge in [0.05, 0.1) is 0 Å². The normalized spacial score (nSPS) is 13.8. The van der Waals surface area contributed by atoms with Gasteiger partial charge in [-0.2, -0.15) is 12.2 Å². The second-order valence-electron chi connectivity index (χ2n) is 2.01. The van der Waals surface area contributed by atoms with Crippen molar-refractivity contribution in [1.82, 2.24) is 0 Å². The Morgan fingerprint density at radius 2 is 1.31 bits per heavy atom. The molecule has 0 aromatic rings. The van der Waals surface area contributed by atoms with Gasteiger partial charge in [0, 0.05) is 0 Å². The van der Waals surface area contributed by atoms with Crippen molar-refractivity contribution in [2.24, 2.45) is 0 Å². The number of hydrogen-bond donors (Lipinski definition) is 0. The van der Waals surface area contributed by atoms with Crippen LogP contribution >= 0.6 is 0 Å². The molecule has 2 aliphatic carbocycles. The molecule has 0 unspecified atom stereocenters. The first-order valence-electron chi connectivity index (χ1n) is 3.72. The van der Waals surface area contributed by atoms with Crippen LogP contribution in [0.1, 0.15) is 12.8 Å². The summed E-state index contributed by atoms with van der Waals surface area (Å²) < 4.78 is 0. The fourth-order valence-corrected chi connectivity index (χ4v) is 0.680. The van der Waals surface area contributed by atoms with Crippen molar-refractivity contribution in [2.45, 2.75) is 12.8 Å². The Kier molecular flexibility index (Phi) is 15.4. The first kappa shape index (κ1) is 14.6. The van der Waals surface area contributed by atoms with E-state index in [0.717, 1.165) is 12.8 Å². The molecule has 0 atom stereocenters. The Morgan fingerprint density at radius 3 is 1.38 bits per heavy atom. The van der Waals surface area contributed by atoms with Gasteiger partial charge >= 0.3 is 16.8 Å². The topological polar surface area (TPSA) is 17.1 Å². The van der Waals surface area contributed by atoms with Crippen LogP contribution in [0.25, 0.3) is 0 Å². The quantitative estimate of drug-likeness (QED) is 0.572. The van der Waals surface area contributed by atoms with Gasteiger partial charge in [0.25, 0.3) is 0 Å². The van der Waals surface area contributed by atoms with Crippen LogP contribution in [0.5, 0.6) is 0 Å². The second kappa shape index (κ2) is 13.7. The van der Waals surface area contributed by atoms with Crippen LogP contribution in [0.2, 0.25) is 0 Å². The van der Waals surface area contributed by atoms with E-state index in [-0.39, 0.29) is 16.8 Å². The van der Waals surface area contributed by atoms with E-state index in [0.29, 0.717) is 0 Å². The van der Waals surface area contributed by atoms with E-state index in [1.54, 1.807) is 0 Å². The van der Waals surface area contributed by atoms with E-state index < -0.39 is 0 Å². The number of allylic oxidation sites excluding steroid dienone is 8. The van der Waals surface area contributed by atoms with Crippen LogP contribution in [0, 0.1) is 12.2 Å². The molecule has 0 aliphatic heterocycles. The number of carbonyl (C=O) groups is 1. The molecule has 2 aliphatic rings. The summed E-state index contributed by atoms with van der Waals surface area (Å²) >= 11 is 0. The average Bonchev–Trinajstić information content (AvgIpc) is 2.87. The van der Waals surface area contributed by atoms with Crippen LogP contribution in [-0.4, -0.2) is 6.79 Å². The summed E-state index contributed by atoms with van der Waals surface area (Å²) in [5.41, 5.74) is 0. The first-order chi connectivity index (χ1) is 6.00. The zero-order chi connectivity index (χ0) is 9.07. The maximum Gasteiger partial charge on any atom is 2.00 e. The van der Waals surface area contributed by atoms with Gasteiger partial charge in [0.2, 0.25) is 0 Å². The third kappa shape index (κ3) is 11.1. The fourth-order valence-electron chi connectivity index (χ4n) is 0.680. The van der Waals surface area contributed by atoms with Gasteiger partial charge in [-0.25, -0.2) is 24.3 Å². The molecule has 0 aromatic carbocycles. The van der Waals surface area contributed by atoms with Crippen molar-refractivity contribution >= 4 is 6.79 Å². The number of rotatable bonds is 0. The van der Waals surface area contributed by atoms with Crippen molar-refractivity contribution in [3.8, 4) is 0 Å². The van der Waals surface area contributed by atoms with Crippen molar-refractivity contribution in [3.05, 3.63) is 48.6 Å². The minimum Gasteiger partial charge on any atom is -0.307 e. The van der Waals surface area contributed by atoms with E-state index in [9.17, 15) is 0 Å². The SMILES string of the molecule is C=O.[C-]1=CC=CC1.[C-]1=CC=CC1.[Co+2]. The van der Waals surface area contributed by atoms with Gasteiger partial charge in [0.1, 0.15) is 6.79 Å². The van der Waals surface area contributed by atoms with E-state index >= 15 is 0 Å². The molecule has 71 valence electrons. The van der Waals surface area contributed by atoms with Crippen LogP contribution in [0.15, 0.2) is 36.5 Å². The van der Waals surface area contributed by atoms with Gasteiger partial charge in [-0.1, -0.05) is 0 Å². The summed E-state index contributed by atoms with van der Waals surface area (Å²) in [7, 11) is 0. The Morgan fingerprint density at radius 1 is 0.923 bits per heavy atom. The Labute approximate surface area is 90.1 Å².